The molecule has 4 rings (SSSR count). The predicted octanol–water partition coefficient (Wildman–Crippen LogP) is 3.34. The zero-order valence-electron chi connectivity index (χ0n) is 14.0. The number of nitrogens with zero attached hydrogens (tertiary/aromatic N) is 4. The lowest BCUT2D eigenvalue weighted by Gasteiger charge is -2.07. The van der Waals surface area contributed by atoms with E-state index in [1.54, 1.807) is 6.07 Å². The van der Waals surface area contributed by atoms with Gasteiger partial charge >= 0.3 is 0 Å². The molecule has 0 aliphatic heterocycles. The van der Waals surface area contributed by atoms with Gasteiger partial charge < -0.3 is 5.32 Å². The number of carbonyl (C=O) groups is 2. The second-order valence-electron chi connectivity index (χ2n) is 6.21. The highest BCUT2D eigenvalue weighted by atomic mass is 32.1. The average Bonchev–Trinajstić information content (AvgIpc) is 3.13. The van der Waals surface area contributed by atoms with Gasteiger partial charge in [-0.1, -0.05) is 18.2 Å². The molecule has 1 fully saturated rings. The number of aromatic nitrogens is 4. The number of rotatable bonds is 7. The summed E-state index contributed by atoms with van der Waals surface area (Å²) in [5.41, 5.74) is 1.52. The van der Waals surface area contributed by atoms with Gasteiger partial charge in [-0.2, -0.15) is 0 Å². The van der Waals surface area contributed by atoms with E-state index in [2.05, 4.69) is 20.8 Å². The van der Waals surface area contributed by atoms with Crippen molar-refractivity contribution in [2.24, 2.45) is 0 Å². The Labute approximate surface area is 154 Å². The number of amides is 1. The van der Waals surface area contributed by atoms with Crippen LogP contribution in [0.2, 0.25) is 0 Å². The minimum atomic E-state index is -0.186. The summed E-state index contributed by atoms with van der Waals surface area (Å²) in [6, 6.07) is 11.4. The van der Waals surface area contributed by atoms with Crippen LogP contribution in [0.25, 0.3) is 11.4 Å². The maximum absolute atomic E-state index is 12.2. The monoisotopic (exact) mass is 367 g/mol. The number of hydrogen-bond acceptors (Lipinski definition) is 6. The highest BCUT2D eigenvalue weighted by molar-refractivity contribution is 7.12. The van der Waals surface area contributed by atoms with Gasteiger partial charge in [0.2, 0.25) is 5.91 Å². The van der Waals surface area contributed by atoms with Crippen LogP contribution in [0, 0.1) is 0 Å². The van der Waals surface area contributed by atoms with Crippen LogP contribution in [0.3, 0.4) is 0 Å². The second kappa shape index (κ2) is 7.17. The normalized spacial score (nSPS) is 13.5. The highest BCUT2D eigenvalue weighted by Crippen LogP contribution is 2.36. The number of Topliss-reactive ketones (excluding diaryl/α,β-unsaturated/α-hetero) is 1. The predicted molar refractivity (Wildman–Crippen MR) is 98.0 cm³/mol. The average molecular weight is 367 g/mol. The highest BCUT2D eigenvalue weighted by Gasteiger charge is 2.28. The van der Waals surface area contributed by atoms with E-state index in [4.69, 9.17) is 0 Å². The number of carbonyl (C=O) groups excluding carboxylic acids is 2. The first-order valence-electron chi connectivity index (χ1n) is 8.45. The minimum absolute atomic E-state index is 0.00693. The molecule has 8 heteroatoms. The van der Waals surface area contributed by atoms with E-state index in [-0.39, 0.29) is 24.5 Å². The van der Waals surface area contributed by atoms with Crippen molar-refractivity contribution in [3.8, 4) is 11.4 Å². The number of benzene rings is 1. The zero-order chi connectivity index (χ0) is 17.9. The molecule has 0 bridgehead atoms. The van der Waals surface area contributed by atoms with E-state index in [1.165, 1.54) is 11.3 Å². The summed E-state index contributed by atoms with van der Waals surface area (Å²) in [5, 5.41) is 16.6. The van der Waals surface area contributed by atoms with Crippen molar-refractivity contribution in [2.75, 3.05) is 5.32 Å². The van der Waals surface area contributed by atoms with Gasteiger partial charge in [0.25, 0.3) is 0 Å². The van der Waals surface area contributed by atoms with Gasteiger partial charge in [-0.3, -0.25) is 9.59 Å². The topological polar surface area (TPSA) is 89.8 Å². The van der Waals surface area contributed by atoms with Crippen molar-refractivity contribution >= 4 is 28.7 Å². The number of ketones is 1. The molecule has 0 spiro atoms. The number of thiophene rings is 1. The summed E-state index contributed by atoms with van der Waals surface area (Å²) < 4.78 is 1.83. The Balaban J connectivity index is 1.39. The maximum atomic E-state index is 12.2. The van der Waals surface area contributed by atoms with Crippen molar-refractivity contribution in [2.45, 2.75) is 31.7 Å². The fourth-order valence-electron chi connectivity index (χ4n) is 2.70. The van der Waals surface area contributed by atoms with Gasteiger partial charge in [0.05, 0.1) is 10.9 Å². The van der Waals surface area contributed by atoms with Gasteiger partial charge in [0.15, 0.2) is 11.6 Å². The Morgan fingerprint density at radius 3 is 2.85 bits per heavy atom. The van der Waals surface area contributed by atoms with Crippen LogP contribution in [-0.4, -0.2) is 31.9 Å². The standard InChI is InChI=1S/C18H17N5O2S/c24-15(16-5-2-10-26-16)8-9-17(25)19-13-4-1-3-12(11-13)18-20-21-22-23(18)14-6-7-14/h1-5,10-11,14H,6-9H2,(H,19,25). The molecule has 26 heavy (non-hydrogen) atoms. The van der Waals surface area contributed by atoms with Gasteiger partial charge in [-0.25, -0.2) is 4.68 Å². The maximum Gasteiger partial charge on any atom is 0.224 e. The molecule has 2 aromatic heterocycles. The van der Waals surface area contributed by atoms with Crippen molar-refractivity contribution in [1.29, 1.82) is 0 Å². The van der Waals surface area contributed by atoms with Crippen LogP contribution < -0.4 is 5.32 Å². The lowest BCUT2D eigenvalue weighted by molar-refractivity contribution is -0.116. The molecule has 0 radical (unpaired) electrons. The molecule has 1 aliphatic carbocycles. The Morgan fingerprint density at radius 1 is 1.19 bits per heavy atom. The molecule has 0 unspecified atom stereocenters. The summed E-state index contributed by atoms with van der Waals surface area (Å²) >= 11 is 1.39. The molecule has 0 saturated heterocycles. The van der Waals surface area contributed by atoms with Crippen LogP contribution in [-0.2, 0) is 4.79 Å². The molecule has 2 heterocycles. The zero-order valence-corrected chi connectivity index (χ0v) is 14.8. The molecule has 132 valence electrons. The van der Waals surface area contributed by atoms with Crippen molar-refractivity contribution in [1.82, 2.24) is 20.2 Å². The SMILES string of the molecule is O=C(CCC(=O)c1cccs1)Nc1cccc(-c2nnnn2C2CC2)c1. The van der Waals surface area contributed by atoms with Gasteiger partial charge in [0.1, 0.15) is 0 Å². The Morgan fingerprint density at radius 2 is 2.08 bits per heavy atom. The molecule has 7 nitrogen and oxygen atoms in total. The fraction of sp³-hybridized carbons (Fsp3) is 0.278. The molecule has 1 amide bonds. The first-order valence-corrected chi connectivity index (χ1v) is 9.33. The van der Waals surface area contributed by atoms with E-state index >= 15 is 0 Å². The smallest absolute Gasteiger partial charge is 0.224 e. The summed E-state index contributed by atoms with van der Waals surface area (Å²) in [7, 11) is 0. The molecular formula is C18H17N5O2S. The van der Waals surface area contributed by atoms with Crippen LogP contribution in [0.4, 0.5) is 5.69 Å². The number of tetrazole rings is 1. The quantitative estimate of drug-likeness (QED) is 0.647. The lowest BCUT2D eigenvalue weighted by Crippen LogP contribution is -2.13. The van der Waals surface area contributed by atoms with E-state index in [9.17, 15) is 9.59 Å². The number of nitrogens with one attached hydrogen (secondary N) is 1. The molecule has 1 saturated carbocycles. The van der Waals surface area contributed by atoms with E-state index in [1.807, 2.05) is 40.4 Å². The Kier molecular flexibility index (Phi) is 4.57. The van der Waals surface area contributed by atoms with Crippen molar-refractivity contribution < 1.29 is 9.59 Å². The summed E-state index contributed by atoms with van der Waals surface area (Å²) in [5.74, 6) is 0.512. The van der Waals surface area contributed by atoms with Crippen molar-refractivity contribution in [3.05, 3.63) is 46.7 Å². The second-order valence-corrected chi connectivity index (χ2v) is 7.16. The first-order chi connectivity index (χ1) is 12.7. The van der Waals surface area contributed by atoms with Crippen LogP contribution in [0.1, 0.15) is 41.4 Å². The molecule has 1 aliphatic rings. The van der Waals surface area contributed by atoms with Crippen LogP contribution in [0.5, 0.6) is 0 Å². The first kappa shape index (κ1) is 16.6. The molecule has 1 aromatic carbocycles. The van der Waals surface area contributed by atoms with Crippen molar-refractivity contribution in [3.63, 3.8) is 0 Å². The molecule has 0 atom stereocenters. The summed E-state index contributed by atoms with van der Waals surface area (Å²) in [6.45, 7) is 0. The van der Waals surface area contributed by atoms with Gasteiger partial charge in [0, 0.05) is 24.1 Å². The summed E-state index contributed by atoms with van der Waals surface area (Å²) in [4.78, 5) is 24.8. The minimum Gasteiger partial charge on any atom is -0.326 e. The third-order valence-corrected chi connectivity index (χ3v) is 5.08. The van der Waals surface area contributed by atoms with E-state index in [0.29, 0.717) is 22.4 Å². The Hall–Kier alpha value is -2.87. The van der Waals surface area contributed by atoms with Crippen LogP contribution >= 0.6 is 11.3 Å². The van der Waals surface area contributed by atoms with Gasteiger partial charge in [-0.15, -0.1) is 16.4 Å². The summed E-state index contributed by atoms with van der Waals surface area (Å²) in [6.07, 6.45) is 2.53. The van der Waals surface area contributed by atoms with E-state index < -0.39 is 0 Å². The van der Waals surface area contributed by atoms with E-state index in [0.717, 1.165) is 18.4 Å². The van der Waals surface area contributed by atoms with Crippen LogP contribution in [0.15, 0.2) is 41.8 Å². The largest absolute Gasteiger partial charge is 0.326 e. The third kappa shape index (κ3) is 3.70. The number of hydrogen-bond donors (Lipinski definition) is 1. The third-order valence-electron chi connectivity index (χ3n) is 4.17. The fourth-order valence-corrected chi connectivity index (χ4v) is 3.39. The number of anilines is 1. The molecule has 1 N–H and O–H groups in total. The van der Waals surface area contributed by atoms with Gasteiger partial charge in [-0.05, 0) is 46.8 Å². The molecule has 3 aromatic rings. The lowest BCUT2D eigenvalue weighted by atomic mass is 10.1. The molecular weight excluding hydrogens is 350 g/mol. The Bertz CT molecular complexity index is 931.